The number of aromatic nitrogens is 3. The average molecular weight is 351 g/mol. The van der Waals surface area contributed by atoms with Crippen LogP contribution in [-0.4, -0.2) is 26.8 Å². The van der Waals surface area contributed by atoms with Crippen molar-refractivity contribution in [2.45, 2.75) is 12.8 Å². The molecule has 8 heteroatoms. The van der Waals surface area contributed by atoms with Crippen molar-refractivity contribution >= 4 is 28.8 Å². The van der Waals surface area contributed by atoms with E-state index in [9.17, 15) is 9.59 Å². The van der Waals surface area contributed by atoms with Gasteiger partial charge in [-0.15, -0.1) is 11.3 Å². The van der Waals surface area contributed by atoms with Crippen LogP contribution < -0.4 is 11.1 Å². The van der Waals surface area contributed by atoms with E-state index >= 15 is 0 Å². The lowest BCUT2D eigenvalue weighted by molar-refractivity contribution is -0.116. The molecule has 124 valence electrons. The molecule has 3 aromatic rings. The van der Waals surface area contributed by atoms with E-state index in [2.05, 4.69) is 20.3 Å². The first-order valence-electron chi connectivity index (χ1n) is 7.62. The number of benzene rings is 1. The Hall–Kier alpha value is -3.13. The minimum absolute atomic E-state index is 0.0289. The van der Waals surface area contributed by atoms with Gasteiger partial charge in [-0.2, -0.15) is 0 Å². The lowest BCUT2D eigenvalue weighted by atomic mass is 9.99. The predicted octanol–water partition coefficient (Wildman–Crippen LogP) is 2.25. The largest absolute Gasteiger partial charge is 0.363 e. The molecule has 4 rings (SSSR count). The number of thiazole rings is 1. The number of carbonyl (C=O) groups is 2. The van der Waals surface area contributed by atoms with Crippen molar-refractivity contribution in [3.63, 3.8) is 0 Å². The second-order valence-corrected chi connectivity index (χ2v) is 6.45. The second-order valence-electron chi connectivity index (χ2n) is 5.59. The third-order valence-corrected chi connectivity index (χ3v) is 4.76. The van der Waals surface area contributed by atoms with Gasteiger partial charge in [0.2, 0.25) is 11.7 Å². The fourth-order valence-corrected chi connectivity index (χ4v) is 3.46. The monoisotopic (exact) mass is 351 g/mol. The van der Waals surface area contributed by atoms with Crippen LogP contribution in [0.25, 0.3) is 22.0 Å². The number of nitrogens with zero attached hydrogens (tertiary/aromatic N) is 3. The Morgan fingerprint density at radius 2 is 2.04 bits per heavy atom. The van der Waals surface area contributed by atoms with Crippen LogP contribution in [0.3, 0.4) is 0 Å². The number of nitrogens with one attached hydrogen (secondary N) is 1. The normalized spacial score (nSPS) is 13.2. The topological polar surface area (TPSA) is 111 Å². The summed E-state index contributed by atoms with van der Waals surface area (Å²) in [6.07, 6.45) is 2.71. The number of aryl methyl sites for hydroxylation is 1. The van der Waals surface area contributed by atoms with Gasteiger partial charge < -0.3 is 11.1 Å². The SMILES string of the molecule is NC(=O)c1nccc(-c2nc(-c3ccc4c(c3)CCC(=O)N4)cs2)n1. The summed E-state index contributed by atoms with van der Waals surface area (Å²) in [5, 5.41) is 5.49. The molecule has 2 amide bonds. The number of primary amides is 1. The zero-order valence-corrected chi connectivity index (χ0v) is 13.8. The molecule has 0 unspecified atom stereocenters. The minimum Gasteiger partial charge on any atom is -0.363 e. The van der Waals surface area contributed by atoms with Crippen LogP contribution in [0.1, 0.15) is 22.6 Å². The maximum Gasteiger partial charge on any atom is 0.286 e. The van der Waals surface area contributed by atoms with Crippen LogP contribution in [0.15, 0.2) is 35.8 Å². The standard InChI is InChI=1S/C17H13N5O2S/c18-15(24)16-19-6-5-12(21-16)17-22-13(8-25-17)10-1-3-11-9(7-10)2-4-14(23)20-11/h1,3,5-8H,2,4H2,(H2,18,24)(H,20,23). The van der Waals surface area contributed by atoms with Gasteiger partial charge in [-0.3, -0.25) is 9.59 Å². The van der Waals surface area contributed by atoms with Gasteiger partial charge in [0.1, 0.15) is 10.7 Å². The molecule has 0 saturated carbocycles. The van der Waals surface area contributed by atoms with Crippen LogP contribution in [0.4, 0.5) is 5.69 Å². The number of fused-ring (bicyclic) bond motifs is 1. The number of rotatable bonds is 3. The Balaban J connectivity index is 1.67. The van der Waals surface area contributed by atoms with Gasteiger partial charge >= 0.3 is 0 Å². The maximum atomic E-state index is 11.4. The lowest BCUT2D eigenvalue weighted by Gasteiger charge is -2.17. The maximum absolute atomic E-state index is 11.4. The Morgan fingerprint density at radius 3 is 2.88 bits per heavy atom. The molecule has 0 bridgehead atoms. The highest BCUT2D eigenvalue weighted by atomic mass is 32.1. The predicted molar refractivity (Wildman–Crippen MR) is 94.0 cm³/mol. The molecule has 1 aromatic carbocycles. The Labute approximate surface area is 147 Å². The van der Waals surface area contributed by atoms with Gasteiger partial charge in [0.15, 0.2) is 0 Å². The molecule has 1 aliphatic rings. The van der Waals surface area contributed by atoms with E-state index in [0.717, 1.165) is 28.9 Å². The van der Waals surface area contributed by atoms with Gasteiger partial charge in [-0.25, -0.2) is 15.0 Å². The van der Waals surface area contributed by atoms with E-state index in [1.807, 2.05) is 23.6 Å². The Morgan fingerprint density at radius 1 is 1.16 bits per heavy atom. The number of hydrogen-bond donors (Lipinski definition) is 2. The molecule has 0 radical (unpaired) electrons. The summed E-state index contributed by atoms with van der Waals surface area (Å²) in [5.74, 6) is -0.653. The molecule has 1 aliphatic heterocycles. The molecule has 0 atom stereocenters. The zero-order valence-electron chi connectivity index (χ0n) is 13.0. The number of hydrogen-bond acceptors (Lipinski definition) is 6. The van der Waals surface area contributed by atoms with Gasteiger partial charge in [0, 0.05) is 29.2 Å². The molecule has 0 saturated heterocycles. The molecule has 25 heavy (non-hydrogen) atoms. The van der Waals surface area contributed by atoms with Crippen LogP contribution >= 0.6 is 11.3 Å². The summed E-state index contributed by atoms with van der Waals surface area (Å²) < 4.78 is 0. The van der Waals surface area contributed by atoms with Crippen LogP contribution in [0.2, 0.25) is 0 Å². The van der Waals surface area contributed by atoms with Crippen LogP contribution in [0, 0.1) is 0 Å². The smallest absolute Gasteiger partial charge is 0.286 e. The zero-order chi connectivity index (χ0) is 17.4. The molecule has 2 aromatic heterocycles. The van der Waals surface area contributed by atoms with Crippen LogP contribution in [0.5, 0.6) is 0 Å². The Bertz CT molecular complexity index is 998. The minimum atomic E-state index is -0.671. The summed E-state index contributed by atoms with van der Waals surface area (Å²) in [6.45, 7) is 0. The van der Waals surface area contributed by atoms with Crippen molar-refractivity contribution in [3.05, 3.63) is 47.2 Å². The van der Waals surface area contributed by atoms with Crippen molar-refractivity contribution < 1.29 is 9.59 Å². The molecule has 7 nitrogen and oxygen atoms in total. The second kappa shape index (κ2) is 6.06. The quantitative estimate of drug-likeness (QED) is 0.752. The van der Waals surface area contributed by atoms with Gasteiger partial charge in [-0.05, 0) is 30.2 Å². The summed E-state index contributed by atoms with van der Waals surface area (Å²) >= 11 is 1.43. The average Bonchev–Trinajstić information content (AvgIpc) is 3.11. The Kier molecular flexibility index (Phi) is 3.73. The molecule has 3 N–H and O–H groups in total. The third kappa shape index (κ3) is 2.99. The van der Waals surface area contributed by atoms with Crippen molar-refractivity contribution in [1.29, 1.82) is 0 Å². The molecular formula is C17H13N5O2S. The molecule has 3 heterocycles. The van der Waals surface area contributed by atoms with Gasteiger partial charge in [-0.1, -0.05) is 6.07 Å². The summed E-state index contributed by atoms with van der Waals surface area (Å²) in [6, 6.07) is 7.56. The lowest BCUT2D eigenvalue weighted by Crippen LogP contribution is -2.18. The van der Waals surface area contributed by atoms with E-state index in [-0.39, 0.29) is 11.7 Å². The van der Waals surface area contributed by atoms with E-state index in [4.69, 9.17) is 5.73 Å². The fourth-order valence-electron chi connectivity index (χ4n) is 2.66. The van der Waals surface area contributed by atoms with Gasteiger partial charge in [0.05, 0.1) is 5.69 Å². The van der Waals surface area contributed by atoms with Crippen LogP contribution in [-0.2, 0) is 11.2 Å². The molecule has 0 aliphatic carbocycles. The molecule has 0 fully saturated rings. The number of carbonyl (C=O) groups excluding carboxylic acids is 2. The first-order chi connectivity index (χ1) is 12.1. The first-order valence-corrected chi connectivity index (χ1v) is 8.50. The summed E-state index contributed by atoms with van der Waals surface area (Å²) in [4.78, 5) is 35.3. The highest BCUT2D eigenvalue weighted by Gasteiger charge is 2.16. The number of amides is 2. The van der Waals surface area contributed by atoms with E-state index < -0.39 is 5.91 Å². The molecule has 0 spiro atoms. The van der Waals surface area contributed by atoms with Crippen molar-refractivity contribution in [3.8, 4) is 22.0 Å². The first kappa shape index (κ1) is 15.4. The summed E-state index contributed by atoms with van der Waals surface area (Å²) in [5.41, 5.74) is 9.53. The number of nitrogens with two attached hydrogens (primary N) is 1. The van der Waals surface area contributed by atoms with Gasteiger partial charge in [0.25, 0.3) is 5.91 Å². The van der Waals surface area contributed by atoms with E-state index in [0.29, 0.717) is 17.1 Å². The molecular weight excluding hydrogens is 338 g/mol. The van der Waals surface area contributed by atoms with Crippen molar-refractivity contribution in [1.82, 2.24) is 15.0 Å². The fraction of sp³-hybridized carbons (Fsp3) is 0.118. The van der Waals surface area contributed by atoms with E-state index in [1.54, 1.807) is 6.07 Å². The number of anilines is 1. The highest BCUT2D eigenvalue weighted by molar-refractivity contribution is 7.13. The highest BCUT2D eigenvalue weighted by Crippen LogP contribution is 2.31. The van der Waals surface area contributed by atoms with Crippen molar-refractivity contribution in [2.75, 3.05) is 5.32 Å². The van der Waals surface area contributed by atoms with Crippen molar-refractivity contribution in [2.24, 2.45) is 5.73 Å². The van der Waals surface area contributed by atoms with E-state index in [1.165, 1.54) is 17.5 Å². The third-order valence-electron chi connectivity index (χ3n) is 3.90. The summed E-state index contributed by atoms with van der Waals surface area (Å²) in [7, 11) is 0.